The number of rotatable bonds is 2. The molecule has 0 unspecified atom stereocenters. The fourth-order valence-corrected chi connectivity index (χ4v) is 3.62. The molecule has 0 aromatic heterocycles. The number of ether oxygens (including phenoxy) is 2. The van der Waals surface area contributed by atoms with Gasteiger partial charge in [-0.15, -0.1) is 0 Å². The number of hydrogen-bond donors (Lipinski definition) is 1. The van der Waals surface area contributed by atoms with Crippen molar-refractivity contribution in [2.75, 3.05) is 19.8 Å². The van der Waals surface area contributed by atoms with Crippen LogP contribution in [0.2, 0.25) is 0 Å². The summed E-state index contributed by atoms with van der Waals surface area (Å²) in [6.45, 7) is 6.59. The third kappa shape index (κ3) is 1.77. The van der Waals surface area contributed by atoms with Crippen LogP contribution in [-0.2, 0) is 5.41 Å². The second-order valence-corrected chi connectivity index (χ2v) is 6.36. The van der Waals surface area contributed by atoms with Gasteiger partial charge in [-0.3, -0.25) is 0 Å². The maximum atomic E-state index is 6.03. The predicted octanol–water partition coefficient (Wildman–Crippen LogP) is 2.47. The SMILES string of the molecule is CC1(C)CC(CN)(c2ccc3c(c2)OCCO3)C1. The Hall–Kier alpha value is -1.22. The lowest BCUT2D eigenvalue weighted by Gasteiger charge is -2.53. The van der Waals surface area contributed by atoms with Gasteiger partial charge in [0.05, 0.1) is 0 Å². The molecule has 1 saturated carbocycles. The van der Waals surface area contributed by atoms with E-state index in [1.807, 2.05) is 6.07 Å². The summed E-state index contributed by atoms with van der Waals surface area (Å²) in [5.74, 6) is 1.73. The molecule has 98 valence electrons. The second kappa shape index (κ2) is 3.89. The van der Waals surface area contributed by atoms with Crippen LogP contribution in [0.15, 0.2) is 18.2 Å². The summed E-state index contributed by atoms with van der Waals surface area (Å²) in [5, 5.41) is 0. The Balaban J connectivity index is 1.92. The predicted molar refractivity (Wildman–Crippen MR) is 71.2 cm³/mol. The van der Waals surface area contributed by atoms with Crippen LogP contribution in [0.5, 0.6) is 11.5 Å². The third-order valence-electron chi connectivity index (χ3n) is 4.18. The van der Waals surface area contributed by atoms with Crippen molar-refractivity contribution < 1.29 is 9.47 Å². The van der Waals surface area contributed by atoms with Crippen LogP contribution in [0.3, 0.4) is 0 Å². The van der Waals surface area contributed by atoms with Gasteiger partial charge in [-0.25, -0.2) is 0 Å². The van der Waals surface area contributed by atoms with E-state index in [1.165, 1.54) is 5.56 Å². The second-order valence-electron chi connectivity index (χ2n) is 6.36. The number of fused-ring (bicyclic) bond motifs is 1. The molecule has 1 heterocycles. The Morgan fingerprint density at radius 2 is 1.78 bits per heavy atom. The molecule has 0 radical (unpaired) electrons. The van der Waals surface area contributed by atoms with Gasteiger partial charge in [0.1, 0.15) is 13.2 Å². The van der Waals surface area contributed by atoms with E-state index < -0.39 is 0 Å². The summed E-state index contributed by atoms with van der Waals surface area (Å²) in [6.07, 6.45) is 2.30. The number of hydrogen-bond acceptors (Lipinski definition) is 3. The molecule has 0 saturated heterocycles. The summed E-state index contributed by atoms with van der Waals surface area (Å²) in [7, 11) is 0. The molecule has 1 aliphatic carbocycles. The monoisotopic (exact) mass is 247 g/mol. The van der Waals surface area contributed by atoms with E-state index in [9.17, 15) is 0 Å². The molecule has 2 aliphatic rings. The average Bonchev–Trinajstić information content (AvgIpc) is 2.34. The molecule has 1 aromatic rings. The van der Waals surface area contributed by atoms with Crippen LogP contribution in [0.1, 0.15) is 32.3 Å². The molecular weight excluding hydrogens is 226 g/mol. The zero-order valence-corrected chi connectivity index (χ0v) is 11.2. The van der Waals surface area contributed by atoms with Crippen molar-refractivity contribution in [3.63, 3.8) is 0 Å². The van der Waals surface area contributed by atoms with Gasteiger partial charge >= 0.3 is 0 Å². The molecule has 1 fully saturated rings. The fraction of sp³-hybridized carbons (Fsp3) is 0.600. The van der Waals surface area contributed by atoms with E-state index in [4.69, 9.17) is 15.2 Å². The first kappa shape index (κ1) is 11.8. The van der Waals surface area contributed by atoms with Crippen LogP contribution in [0.4, 0.5) is 0 Å². The Morgan fingerprint density at radius 3 is 2.39 bits per heavy atom. The van der Waals surface area contributed by atoms with E-state index in [1.54, 1.807) is 0 Å². The molecule has 18 heavy (non-hydrogen) atoms. The first-order valence-electron chi connectivity index (χ1n) is 6.65. The van der Waals surface area contributed by atoms with E-state index in [-0.39, 0.29) is 5.41 Å². The Bertz CT molecular complexity index is 460. The third-order valence-corrected chi connectivity index (χ3v) is 4.18. The van der Waals surface area contributed by atoms with E-state index in [0.29, 0.717) is 25.2 Å². The van der Waals surface area contributed by atoms with Gasteiger partial charge in [-0.2, -0.15) is 0 Å². The standard InChI is InChI=1S/C15H21NO2/c1-14(2)8-15(9-14,10-16)11-3-4-12-13(7-11)18-6-5-17-12/h3-4,7H,5-6,8-10,16H2,1-2H3. The Morgan fingerprint density at radius 1 is 1.11 bits per heavy atom. The van der Waals surface area contributed by atoms with Crippen molar-refractivity contribution in [2.45, 2.75) is 32.1 Å². The van der Waals surface area contributed by atoms with Crippen LogP contribution in [0, 0.1) is 5.41 Å². The molecule has 3 heteroatoms. The van der Waals surface area contributed by atoms with E-state index in [0.717, 1.165) is 24.3 Å². The summed E-state index contributed by atoms with van der Waals surface area (Å²) in [5.41, 5.74) is 7.87. The topological polar surface area (TPSA) is 44.5 Å². The van der Waals surface area contributed by atoms with Crippen molar-refractivity contribution in [3.8, 4) is 11.5 Å². The Labute approximate surface area is 108 Å². The lowest BCUT2D eigenvalue weighted by atomic mass is 9.52. The zero-order chi connectivity index (χ0) is 12.8. The van der Waals surface area contributed by atoms with Crippen LogP contribution in [-0.4, -0.2) is 19.8 Å². The minimum absolute atomic E-state index is 0.138. The minimum Gasteiger partial charge on any atom is -0.486 e. The normalized spacial score (nSPS) is 23.3. The van der Waals surface area contributed by atoms with Crippen LogP contribution >= 0.6 is 0 Å². The van der Waals surface area contributed by atoms with Gasteiger partial charge < -0.3 is 15.2 Å². The highest BCUT2D eigenvalue weighted by atomic mass is 16.6. The lowest BCUT2D eigenvalue weighted by Crippen LogP contribution is -2.51. The minimum atomic E-state index is 0.138. The van der Waals surface area contributed by atoms with Gasteiger partial charge in [0, 0.05) is 12.0 Å². The maximum absolute atomic E-state index is 6.03. The first-order valence-corrected chi connectivity index (χ1v) is 6.65. The smallest absolute Gasteiger partial charge is 0.161 e. The van der Waals surface area contributed by atoms with Crippen molar-refractivity contribution in [3.05, 3.63) is 23.8 Å². The van der Waals surface area contributed by atoms with Gasteiger partial charge in [0.25, 0.3) is 0 Å². The molecule has 0 spiro atoms. The average molecular weight is 247 g/mol. The van der Waals surface area contributed by atoms with E-state index in [2.05, 4.69) is 26.0 Å². The number of benzene rings is 1. The summed E-state index contributed by atoms with van der Waals surface area (Å²) in [6, 6.07) is 6.29. The first-order chi connectivity index (χ1) is 8.55. The number of nitrogens with two attached hydrogens (primary N) is 1. The van der Waals surface area contributed by atoms with Crippen LogP contribution < -0.4 is 15.2 Å². The van der Waals surface area contributed by atoms with Crippen molar-refractivity contribution in [1.82, 2.24) is 0 Å². The molecule has 1 aromatic carbocycles. The van der Waals surface area contributed by atoms with Gasteiger partial charge in [-0.1, -0.05) is 19.9 Å². The van der Waals surface area contributed by atoms with E-state index >= 15 is 0 Å². The molecule has 3 rings (SSSR count). The molecule has 0 atom stereocenters. The molecular formula is C15H21NO2. The van der Waals surface area contributed by atoms with Crippen molar-refractivity contribution in [2.24, 2.45) is 11.1 Å². The van der Waals surface area contributed by atoms with Crippen molar-refractivity contribution in [1.29, 1.82) is 0 Å². The largest absolute Gasteiger partial charge is 0.486 e. The lowest BCUT2D eigenvalue weighted by molar-refractivity contribution is 0.0628. The highest BCUT2D eigenvalue weighted by molar-refractivity contribution is 5.47. The summed E-state index contributed by atoms with van der Waals surface area (Å²) in [4.78, 5) is 0. The molecule has 3 nitrogen and oxygen atoms in total. The highest BCUT2D eigenvalue weighted by Gasteiger charge is 2.49. The van der Waals surface area contributed by atoms with Crippen molar-refractivity contribution >= 4 is 0 Å². The van der Waals surface area contributed by atoms with Gasteiger partial charge in [0.15, 0.2) is 11.5 Å². The van der Waals surface area contributed by atoms with Gasteiger partial charge in [-0.05, 0) is 36.0 Å². The molecule has 0 bridgehead atoms. The molecule has 0 amide bonds. The zero-order valence-electron chi connectivity index (χ0n) is 11.2. The summed E-state index contributed by atoms with van der Waals surface area (Å²) < 4.78 is 11.2. The maximum Gasteiger partial charge on any atom is 0.161 e. The highest BCUT2D eigenvalue weighted by Crippen LogP contribution is 2.55. The summed E-state index contributed by atoms with van der Waals surface area (Å²) >= 11 is 0. The molecule has 1 aliphatic heterocycles. The van der Waals surface area contributed by atoms with Crippen LogP contribution in [0.25, 0.3) is 0 Å². The quantitative estimate of drug-likeness (QED) is 0.873. The van der Waals surface area contributed by atoms with Gasteiger partial charge in [0.2, 0.25) is 0 Å². The fourth-order valence-electron chi connectivity index (χ4n) is 3.62. The molecule has 2 N–H and O–H groups in total. The Kier molecular flexibility index (Phi) is 2.56.